The average molecular weight is 308 g/mol. The fraction of sp³-hybridized carbons (Fsp3) is 0.167. The van der Waals surface area contributed by atoms with Gasteiger partial charge >= 0.3 is 0 Å². The third-order valence-electron chi connectivity index (χ3n) is 3.79. The van der Waals surface area contributed by atoms with Crippen molar-refractivity contribution in [1.29, 1.82) is 0 Å². The van der Waals surface area contributed by atoms with Gasteiger partial charge in [-0.05, 0) is 16.7 Å². The van der Waals surface area contributed by atoms with Gasteiger partial charge in [-0.25, -0.2) is 4.98 Å². The van der Waals surface area contributed by atoms with E-state index in [0.717, 1.165) is 18.1 Å². The molecule has 0 unspecified atom stereocenters. The van der Waals surface area contributed by atoms with Crippen molar-refractivity contribution in [2.45, 2.75) is 19.7 Å². The summed E-state index contributed by atoms with van der Waals surface area (Å²) in [4.78, 5) is 11.6. The van der Waals surface area contributed by atoms with Gasteiger partial charge in [-0.1, -0.05) is 54.6 Å². The fourth-order valence-electron chi connectivity index (χ4n) is 2.65. The summed E-state index contributed by atoms with van der Waals surface area (Å²) in [6.45, 7) is 2.24. The van der Waals surface area contributed by atoms with Crippen LogP contribution >= 0.6 is 11.3 Å². The molecule has 0 N–H and O–H groups in total. The fourth-order valence-corrected chi connectivity index (χ4v) is 3.48. The van der Waals surface area contributed by atoms with Crippen LogP contribution in [0.25, 0.3) is 10.4 Å². The van der Waals surface area contributed by atoms with Crippen LogP contribution in [0.2, 0.25) is 0 Å². The number of rotatable bonds is 4. The molecule has 110 valence electrons. The van der Waals surface area contributed by atoms with E-state index in [1.54, 1.807) is 11.3 Å². The lowest BCUT2D eigenvalue weighted by molar-refractivity contribution is -0.176. The van der Waals surface area contributed by atoms with Crippen LogP contribution in [0.3, 0.4) is 0 Å². The Morgan fingerprint density at radius 3 is 2.36 bits per heavy atom. The van der Waals surface area contributed by atoms with Crippen molar-refractivity contribution >= 4 is 11.3 Å². The van der Waals surface area contributed by atoms with Gasteiger partial charge in [0.1, 0.15) is 11.6 Å². The van der Waals surface area contributed by atoms with E-state index in [-0.39, 0.29) is 0 Å². The predicted octanol–water partition coefficient (Wildman–Crippen LogP) is 4.26. The van der Waals surface area contributed by atoms with Crippen molar-refractivity contribution in [3.05, 3.63) is 76.9 Å². The molecule has 1 aliphatic heterocycles. The highest BCUT2D eigenvalue weighted by molar-refractivity contribution is 7.15. The molecule has 0 amide bonds. The van der Waals surface area contributed by atoms with Crippen LogP contribution in [-0.2, 0) is 24.5 Å². The van der Waals surface area contributed by atoms with Crippen molar-refractivity contribution < 1.29 is 4.84 Å². The third-order valence-corrected chi connectivity index (χ3v) is 4.81. The summed E-state index contributed by atoms with van der Waals surface area (Å²) in [5.74, 6) is 0. The zero-order valence-electron chi connectivity index (χ0n) is 12.1. The Kier molecular flexibility index (Phi) is 3.72. The smallest absolute Gasteiger partial charge is 0.121 e. The molecule has 0 bridgehead atoms. The molecule has 4 rings (SSSR count). The SMILES string of the molecule is c1ccc(-c2cnc(CON3Cc4ccccc4C3)s2)cc1. The van der Waals surface area contributed by atoms with Gasteiger partial charge in [-0.15, -0.1) is 11.3 Å². The molecule has 4 heteroatoms. The minimum absolute atomic E-state index is 0.533. The second kappa shape index (κ2) is 6.01. The number of hydrogen-bond donors (Lipinski definition) is 0. The van der Waals surface area contributed by atoms with Crippen molar-refractivity contribution in [3.8, 4) is 10.4 Å². The van der Waals surface area contributed by atoms with Crippen LogP contribution in [0.15, 0.2) is 60.8 Å². The molecule has 0 saturated carbocycles. The monoisotopic (exact) mass is 308 g/mol. The largest absolute Gasteiger partial charge is 0.291 e. The molecular formula is C18H16N2OS. The molecule has 3 aromatic rings. The topological polar surface area (TPSA) is 25.4 Å². The van der Waals surface area contributed by atoms with E-state index in [9.17, 15) is 0 Å². The minimum atomic E-state index is 0.533. The van der Waals surface area contributed by atoms with Crippen LogP contribution in [0.1, 0.15) is 16.1 Å². The highest BCUT2D eigenvalue weighted by Gasteiger charge is 2.19. The number of aromatic nitrogens is 1. The van der Waals surface area contributed by atoms with E-state index >= 15 is 0 Å². The quantitative estimate of drug-likeness (QED) is 0.720. The van der Waals surface area contributed by atoms with E-state index in [0.29, 0.717) is 6.61 Å². The normalized spacial score (nSPS) is 14.2. The Balaban J connectivity index is 1.39. The molecule has 2 aromatic carbocycles. The Hall–Kier alpha value is -2.01. The second-order valence-corrected chi connectivity index (χ2v) is 6.44. The number of hydroxylamine groups is 2. The number of thiazole rings is 1. The summed E-state index contributed by atoms with van der Waals surface area (Å²) in [6.07, 6.45) is 1.93. The van der Waals surface area contributed by atoms with E-state index in [2.05, 4.69) is 41.4 Å². The molecule has 0 spiro atoms. The lowest BCUT2D eigenvalue weighted by Crippen LogP contribution is -2.16. The molecule has 3 nitrogen and oxygen atoms in total. The van der Waals surface area contributed by atoms with Crippen molar-refractivity contribution in [2.75, 3.05) is 0 Å². The first kappa shape index (κ1) is 13.6. The summed E-state index contributed by atoms with van der Waals surface area (Å²) in [5.41, 5.74) is 3.91. The van der Waals surface area contributed by atoms with Crippen LogP contribution in [-0.4, -0.2) is 10.0 Å². The van der Waals surface area contributed by atoms with E-state index < -0.39 is 0 Å². The molecular weight excluding hydrogens is 292 g/mol. The Bertz CT molecular complexity index is 745. The van der Waals surface area contributed by atoms with Gasteiger partial charge in [0, 0.05) is 19.3 Å². The Morgan fingerprint density at radius 1 is 0.955 bits per heavy atom. The Morgan fingerprint density at radius 2 is 1.64 bits per heavy atom. The lowest BCUT2D eigenvalue weighted by atomic mass is 10.1. The maximum absolute atomic E-state index is 5.90. The molecule has 0 atom stereocenters. The molecule has 0 saturated heterocycles. The summed E-state index contributed by atoms with van der Waals surface area (Å²) < 4.78 is 0. The van der Waals surface area contributed by atoms with Crippen molar-refractivity contribution in [3.63, 3.8) is 0 Å². The molecule has 0 aliphatic carbocycles. The van der Waals surface area contributed by atoms with Gasteiger partial charge in [-0.2, -0.15) is 5.06 Å². The van der Waals surface area contributed by atoms with Crippen molar-refractivity contribution in [2.24, 2.45) is 0 Å². The van der Waals surface area contributed by atoms with Gasteiger partial charge < -0.3 is 0 Å². The zero-order valence-corrected chi connectivity index (χ0v) is 12.9. The maximum atomic E-state index is 5.90. The van der Waals surface area contributed by atoms with Gasteiger partial charge in [0.25, 0.3) is 0 Å². The summed E-state index contributed by atoms with van der Waals surface area (Å²) in [7, 11) is 0. The minimum Gasteiger partial charge on any atom is -0.291 e. The second-order valence-electron chi connectivity index (χ2n) is 5.32. The number of fused-ring (bicyclic) bond motifs is 1. The number of benzene rings is 2. The summed E-state index contributed by atoms with van der Waals surface area (Å²) in [6, 6.07) is 18.8. The van der Waals surface area contributed by atoms with Crippen LogP contribution in [0.5, 0.6) is 0 Å². The average Bonchev–Trinajstić information content (AvgIpc) is 3.20. The van der Waals surface area contributed by atoms with E-state index in [4.69, 9.17) is 4.84 Å². The predicted molar refractivity (Wildman–Crippen MR) is 88.0 cm³/mol. The maximum Gasteiger partial charge on any atom is 0.121 e. The molecule has 1 aromatic heterocycles. The first-order valence-corrected chi connectivity index (χ1v) is 8.15. The van der Waals surface area contributed by atoms with Crippen LogP contribution in [0.4, 0.5) is 0 Å². The molecule has 22 heavy (non-hydrogen) atoms. The first-order valence-electron chi connectivity index (χ1n) is 7.33. The third kappa shape index (κ3) is 2.81. The van der Waals surface area contributed by atoms with Crippen LogP contribution < -0.4 is 0 Å². The van der Waals surface area contributed by atoms with Crippen LogP contribution in [0, 0.1) is 0 Å². The van der Waals surface area contributed by atoms with E-state index in [1.807, 2.05) is 29.5 Å². The number of hydrogen-bond acceptors (Lipinski definition) is 4. The highest BCUT2D eigenvalue weighted by atomic mass is 32.1. The summed E-state index contributed by atoms with van der Waals surface area (Å²) >= 11 is 1.69. The van der Waals surface area contributed by atoms with Gasteiger partial charge in [0.2, 0.25) is 0 Å². The highest BCUT2D eigenvalue weighted by Crippen LogP contribution is 2.27. The molecule has 0 radical (unpaired) electrons. The van der Waals surface area contributed by atoms with Gasteiger partial charge in [0.15, 0.2) is 0 Å². The van der Waals surface area contributed by atoms with Gasteiger partial charge in [-0.3, -0.25) is 4.84 Å². The first-order chi connectivity index (χ1) is 10.9. The molecule has 2 heterocycles. The molecule has 0 fully saturated rings. The van der Waals surface area contributed by atoms with E-state index in [1.165, 1.54) is 21.6 Å². The van der Waals surface area contributed by atoms with Gasteiger partial charge in [0.05, 0.1) is 4.88 Å². The zero-order chi connectivity index (χ0) is 14.8. The number of nitrogens with zero attached hydrogens (tertiary/aromatic N) is 2. The van der Waals surface area contributed by atoms with Crippen molar-refractivity contribution in [1.82, 2.24) is 10.0 Å². The lowest BCUT2D eigenvalue weighted by Gasteiger charge is -2.13. The molecule has 1 aliphatic rings. The standard InChI is InChI=1S/C18H16N2OS/c1-2-6-14(7-3-1)17-10-19-18(22-17)13-21-20-11-15-8-4-5-9-16(15)12-20/h1-10H,11-13H2. The Labute approximate surface area is 133 Å². The summed E-state index contributed by atoms with van der Waals surface area (Å²) in [5, 5.41) is 3.02.